The molecule has 0 aliphatic rings. The van der Waals surface area contributed by atoms with Crippen molar-refractivity contribution >= 4 is 5.97 Å². The van der Waals surface area contributed by atoms with Crippen LogP contribution in [0, 0.1) is 0 Å². The third-order valence-corrected chi connectivity index (χ3v) is 1.61. The Morgan fingerprint density at radius 2 is 2.42 bits per heavy atom. The van der Waals surface area contributed by atoms with Crippen LogP contribution in [0.4, 0.5) is 0 Å². The van der Waals surface area contributed by atoms with Gasteiger partial charge in [0.2, 0.25) is 0 Å². The lowest BCUT2D eigenvalue weighted by atomic mass is 10.3. The quantitative estimate of drug-likeness (QED) is 0.549. The third kappa shape index (κ3) is 4.10. The van der Waals surface area contributed by atoms with E-state index in [4.69, 9.17) is 10.8 Å². The van der Waals surface area contributed by atoms with Crippen LogP contribution in [0.3, 0.4) is 0 Å². The zero-order valence-corrected chi connectivity index (χ0v) is 7.36. The van der Waals surface area contributed by atoms with Gasteiger partial charge in [-0.15, -0.1) is 6.58 Å². The van der Waals surface area contributed by atoms with Crippen LogP contribution in [-0.2, 0) is 4.79 Å². The largest absolute Gasteiger partial charge is 0.480 e. The Morgan fingerprint density at radius 3 is 2.75 bits per heavy atom. The number of hydrogen-bond donors (Lipinski definition) is 2. The van der Waals surface area contributed by atoms with E-state index in [-0.39, 0.29) is 0 Å². The molecule has 0 spiro atoms. The van der Waals surface area contributed by atoms with Gasteiger partial charge >= 0.3 is 5.97 Å². The average molecular weight is 172 g/mol. The molecule has 0 bridgehead atoms. The standard InChI is InChI=1S/C8H16N2O2/c1-3-5-10(4-2)6-7(9)8(11)12/h3,7H,1,4-6,9H2,2H3,(H,11,12). The highest BCUT2D eigenvalue weighted by Crippen LogP contribution is 1.90. The topological polar surface area (TPSA) is 66.6 Å². The first kappa shape index (κ1) is 11.1. The Kier molecular flexibility index (Phi) is 5.32. The van der Waals surface area contributed by atoms with E-state index >= 15 is 0 Å². The van der Waals surface area contributed by atoms with Gasteiger partial charge in [-0.25, -0.2) is 0 Å². The molecule has 1 unspecified atom stereocenters. The number of rotatable bonds is 6. The summed E-state index contributed by atoms with van der Waals surface area (Å²) in [7, 11) is 0. The molecule has 0 aromatic rings. The van der Waals surface area contributed by atoms with Crippen molar-refractivity contribution in [1.82, 2.24) is 4.90 Å². The van der Waals surface area contributed by atoms with Crippen LogP contribution in [0.15, 0.2) is 12.7 Å². The summed E-state index contributed by atoms with van der Waals surface area (Å²) in [5.41, 5.74) is 5.35. The summed E-state index contributed by atoms with van der Waals surface area (Å²) in [6.45, 7) is 7.36. The fraction of sp³-hybridized carbons (Fsp3) is 0.625. The predicted molar refractivity (Wildman–Crippen MR) is 47.9 cm³/mol. The Balaban J connectivity index is 3.83. The van der Waals surface area contributed by atoms with E-state index in [0.29, 0.717) is 13.1 Å². The molecule has 0 saturated heterocycles. The monoisotopic (exact) mass is 172 g/mol. The molecule has 0 heterocycles. The molecule has 0 rings (SSSR count). The summed E-state index contributed by atoms with van der Waals surface area (Å²) >= 11 is 0. The summed E-state index contributed by atoms with van der Waals surface area (Å²) < 4.78 is 0. The van der Waals surface area contributed by atoms with Gasteiger partial charge in [-0.1, -0.05) is 13.0 Å². The van der Waals surface area contributed by atoms with Gasteiger partial charge in [-0.3, -0.25) is 9.69 Å². The molecule has 0 aromatic heterocycles. The van der Waals surface area contributed by atoms with E-state index in [1.165, 1.54) is 0 Å². The Morgan fingerprint density at radius 1 is 1.83 bits per heavy atom. The molecule has 1 atom stereocenters. The lowest BCUT2D eigenvalue weighted by molar-refractivity contribution is -0.138. The molecule has 4 heteroatoms. The molecule has 0 saturated carbocycles. The van der Waals surface area contributed by atoms with Crippen molar-refractivity contribution in [2.75, 3.05) is 19.6 Å². The summed E-state index contributed by atoms with van der Waals surface area (Å²) in [4.78, 5) is 12.3. The van der Waals surface area contributed by atoms with Crippen LogP contribution in [0.25, 0.3) is 0 Å². The van der Waals surface area contributed by atoms with E-state index in [0.717, 1.165) is 6.54 Å². The molecule has 0 aliphatic carbocycles. The predicted octanol–water partition coefficient (Wildman–Crippen LogP) is -0.0938. The van der Waals surface area contributed by atoms with Gasteiger partial charge in [0.05, 0.1) is 0 Å². The maximum atomic E-state index is 10.4. The fourth-order valence-electron chi connectivity index (χ4n) is 0.872. The maximum Gasteiger partial charge on any atom is 0.321 e. The Hall–Kier alpha value is -0.870. The summed E-state index contributed by atoms with van der Waals surface area (Å²) in [5, 5.41) is 8.52. The van der Waals surface area contributed by atoms with Crippen LogP contribution in [0.2, 0.25) is 0 Å². The van der Waals surface area contributed by atoms with Crippen molar-refractivity contribution in [1.29, 1.82) is 0 Å². The van der Waals surface area contributed by atoms with Crippen molar-refractivity contribution in [2.24, 2.45) is 5.73 Å². The van der Waals surface area contributed by atoms with E-state index in [2.05, 4.69) is 6.58 Å². The van der Waals surface area contributed by atoms with Crippen molar-refractivity contribution in [3.8, 4) is 0 Å². The molecule has 0 radical (unpaired) electrons. The molecular weight excluding hydrogens is 156 g/mol. The molecule has 12 heavy (non-hydrogen) atoms. The minimum absolute atomic E-state index is 0.373. The summed E-state index contributed by atoms with van der Waals surface area (Å²) in [5.74, 6) is -0.961. The molecule has 3 N–H and O–H groups in total. The fourth-order valence-corrected chi connectivity index (χ4v) is 0.872. The molecule has 0 aliphatic heterocycles. The van der Waals surface area contributed by atoms with Crippen molar-refractivity contribution in [2.45, 2.75) is 13.0 Å². The SMILES string of the molecule is C=CCN(CC)CC(N)C(=O)O. The van der Waals surface area contributed by atoms with Gasteiger partial charge in [0.25, 0.3) is 0 Å². The number of nitrogens with zero attached hydrogens (tertiary/aromatic N) is 1. The van der Waals surface area contributed by atoms with Crippen LogP contribution in [0.1, 0.15) is 6.92 Å². The minimum atomic E-state index is -0.961. The van der Waals surface area contributed by atoms with Crippen LogP contribution >= 0.6 is 0 Å². The van der Waals surface area contributed by atoms with Gasteiger partial charge in [0.15, 0.2) is 0 Å². The summed E-state index contributed by atoms with van der Waals surface area (Å²) in [6.07, 6.45) is 1.73. The second-order valence-corrected chi connectivity index (χ2v) is 2.59. The normalized spacial score (nSPS) is 12.9. The minimum Gasteiger partial charge on any atom is -0.480 e. The van der Waals surface area contributed by atoms with Crippen molar-refractivity contribution in [3.63, 3.8) is 0 Å². The van der Waals surface area contributed by atoms with Gasteiger partial charge in [-0.05, 0) is 6.54 Å². The molecule has 0 amide bonds. The van der Waals surface area contributed by atoms with Gasteiger partial charge in [-0.2, -0.15) is 0 Å². The van der Waals surface area contributed by atoms with Gasteiger partial charge in [0, 0.05) is 13.1 Å². The molecule has 0 aromatic carbocycles. The maximum absolute atomic E-state index is 10.4. The number of carboxylic acids is 1. The Labute approximate surface area is 72.7 Å². The first-order valence-electron chi connectivity index (χ1n) is 3.93. The van der Waals surface area contributed by atoms with Gasteiger partial charge in [0.1, 0.15) is 6.04 Å². The second kappa shape index (κ2) is 5.74. The highest BCUT2D eigenvalue weighted by Gasteiger charge is 2.14. The van der Waals surface area contributed by atoms with Gasteiger partial charge < -0.3 is 10.8 Å². The zero-order valence-electron chi connectivity index (χ0n) is 7.36. The summed E-state index contributed by atoms with van der Waals surface area (Å²) in [6, 6.07) is -0.801. The van der Waals surface area contributed by atoms with E-state index in [1.54, 1.807) is 6.08 Å². The first-order chi connectivity index (χ1) is 5.61. The van der Waals surface area contributed by atoms with E-state index in [9.17, 15) is 4.79 Å². The highest BCUT2D eigenvalue weighted by molar-refractivity contribution is 5.73. The second-order valence-electron chi connectivity index (χ2n) is 2.59. The smallest absolute Gasteiger partial charge is 0.321 e. The van der Waals surface area contributed by atoms with Crippen molar-refractivity contribution in [3.05, 3.63) is 12.7 Å². The average Bonchev–Trinajstić information content (AvgIpc) is 2.03. The van der Waals surface area contributed by atoms with E-state index in [1.807, 2.05) is 11.8 Å². The Bertz CT molecular complexity index is 159. The van der Waals surface area contributed by atoms with Crippen LogP contribution < -0.4 is 5.73 Å². The number of nitrogens with two attached hydrogens (primary N) is 1. The number of carboxylic acid groups (broad SMARTS) is 1. The number of aliphatic carboxylic acids is 1. The third-order valence-electron chi connectivity index (χ3n) is 1.61. The van der Waals surface area contributed by atoms with Crippen LogP contribution in [-0.4, -0.2) is 41.7 Å². The van der Waals surface area contributed by atoms with Crippen LogP contribution in [0.5, 0.6) is 0 Å². The molecule has 70 valence electrons. The lowest BCUT2D eigenvalue weighted by Crippen LogP contribution is -2.42. The highest BCUT2D eigenvalue weighted by atomic mass is 16.4. The number of likely N-dealkylation sites (N-methyl/N-ethyl adjacent to an activating group) is 1. The lowest BCUT2D eigenvalue weighted by Gasteiger charge is -2.20. The first-order valence-corrected chi connectivity index (χ1v) is 3.93. The van der Waals surface area contributed by atoms with Crippen molar-refractivity contribution < 1.29 is 9.90 Å². The molecule has 4 nitrogen and oxygen atoms in total. The zero-order chi connectivity index (χ0) is 9.56. The number of hydrogen-bond acceptors (Lipinski definition) is 3. The van der Waals surface area contributed by atoms with E-state index < -0.39 is 12.0 Å². The number of carbonyl (C=O) groups is 1. The molecular formula is C8H16N2O2. The molecule has 0 fully saturated rings.